The number of hydrogen-bond donors (Lipinski definition) is 4. The fourth-order valence-electron chi connectivity index (χ4n) is 2.84. The van der Waals surface area contributed by atoms with Gasteiger partial charge in [0.1, 0.15) is 6.10 Å². The summed E-state index contributed by atoms with van der Waals surface area (Å²) in [6.07, 6.45) is 15.3. The zero-order valence-electron chi connectivity index (χ0n) is 16.6. The van der Waals surface area contributed by atoms with Gasteiger partial charge in [0.15, 0.2) is 0 Å². The van der Waals surface area contributed by atoms with E-state index in [-0.39, 0.29) is 6.42 Å². The topological polar surface area (TPSA) is 107 Å². The maximum atomic E-state index is 10.4. The molecule has 0 aromatic heterocycles. The Kier molecular flexibility index (Phi) is 12.4. The smallest absolute Gasteiger partial charge is 0.303 e. The standard InChI is InChI=1S/C22H34O6/c1-2-3-8-12-18(24)21-16-19(25)20(28-21)15-14-17(23)11-9-6-4-5-7-10-13-22(26)27/h3,5-9,14-15,17-21,23-25H,2,4,10-13,16H2,1H3,(H,26,27)/b7-5-,8-3-,9-6-,15-14+/t17-,18+,19-,20+,21+/m1/s1. The number of carboxylic acids is 1. The van der Waals surface area contributed by atoms with Crippen LogP contribution in [0.4, 0.5) is 0 Å². The lowest BCUT2D eigenvalue weighted by Gasteiger charge is -2.16. The van der Waals surface area contributed by atoms with Gasteiger partial charge in [-0.2, -0.15) is 0 Å². The van der Waals surface area contributed by atoms with Crippen molar-refractivity contribution in [3.05, 3.63) is 48.6 Å². The van der Waals surface area contributed by atoms with E-state index in [1.807, 2.05) is 43.4 Å². The number of aliphatic carboxylic acids is 1. The van der Waals surface area contributed by atoms with Crippen LogP contribution in [0.3, 0.4) is 0 Å². The van der Waals surface area contributed by atoms with Crippen LogP contribution in [0, 0.1) is 0 Å². The second-order valence-corrected chi connectivity index (χ2v) is 6.92. The molecule has 1 saturated heterocycles. The SMILES string of the molecule is CC/C=C\C[C@H](O)[C@@H]1C[C@@H](O)[C@H](/C=C/[C@H](O)C/C=C\C/C=C\CCC(=O)O)O1. The summed E-state index contributed by atoms with van der Waals surface area (Å²) in [7, 11) is 0. The average molecular weight is 395 g/mol. The summed E-state index contributed by atoms with van der Waals surface area (Å²) >= 11 is 0. The molecule has 28 heavy (non-hydrogen) atoms. The minimum absolute atomic E-state index is 0.131. The lowest BCUT2D eigenvalue weighted by Crippen LogP contribution is -2.25. The van der Waals surface area contributed by atoms with Gasteiger partial charge in [0.25, 0.3) is 0 Å². The third kappa shape index (κ3) is 10.6. The molecule has 0 radical (unpaired) electrons. The Morgan fingerprint density at radius 1 is 1.11 bits per heavy atom. The van der Waals surface area contributed by atoms with Crippen molar-refractivity contribution < 1.29 is 30.0 Å². The summed E-state index contributed by atoms with van der Waals surface area (Å²) in [5, 5.41) is 38.8. The van der Waals surface area contributed by atoms with Crippen molar-refractivity contribution in [2.75, 3.05) is 0 Å². The average Bonchev–Trinajstić information content (AvgIpc) is 3.03. The molecule has 5 atom stereocenters. The molecule has 0 aliphatic carbocycles. The third-order valence-corrected chi connectivity index (χ3v) is 4.42. The van der Waals surface area contributed by atoms with Crippen LogP contribution in [0.1, 0.15) is 51.9 Å². The van der Waals surface area contributed by atoms with E-state index in [4.69, 9.17) is 9.84 Å². The van der Waals surface area contributed by atoms with Gasteiger partial charge in [-0.25, -0.2) is 0 Å². The van der Waals surface area contributed by atoms with Crippen LogP contribution in [0.2, 0.25) is 0 Å². The highest BCUT2D eigenvalue weighted by Gasteiger charge is 2.35. The molecule has 1 aliphatic heterocycles. The van der Waals surface area contributed by atoms with Crippen LogP contribution in [-0.4, -0.2) is 56.9 Å². The number of carbonyl (C=O) groups is 1. The van der Waals surface area contributed by atoms with Gasteiger partial charge in [0.2, 0.25) is 0 Å². The van der Waals surface area contributed by atoms with Crippen LogP contribution in [0.25, 0.3) is 0 Å². The molecule has 0 aromatic carbocycles. The molecule has 1 aliphatic rings. The molecular formula is C22H34O6. The number of hydrogen-bond acceptors (Lipinski definition) is 5. The Hall–Kier alpha value is -1.73. The fraction of sp³-hybridized carbons (Fsp3) is 0.591. The summed E-state index contributed by atoms with van der Waals surface area (Å²) in [5.41, 5.74) is 0. The first-order valence-corrected chi connectivity index (χ1v) is 9.98. The summed E-state index contributed by atoms with van der Waals surface area (Å²) in [5.74, 6) is -0.805. The highest BCUT2D eigenvalue weighted by molar-refractivity contribution is 5.66. The number of aliphatic hydroxyl groups is 3. The number of allylic oxidation sites excluding steroid dienone is 4. The summed E-state index contributed by atoms with van der Waals surface area (Å²) in [6.45, 7) is 2.03. The van der Waals surface area contributed by atoms with E-state index in [1.165, 1.54) is 0 Å². The van der Waals surface area contributed by atoms with Crippen LogP contribution in [-0.2, 0) is 9.53 Å². The Morgan fingerprint density at radius 2 is 1.82 bits per heavy atom. The summed E-state index contributed by atoms with van der Waals surface area (Å²) in [4.78, 5) is 10.4. The van der Waals surface area contributed by atoms with E-state index in [0.29, 0.717) is 32.1 Å². The Morgan fingerprint density at radius 3 is 2.54 bits per heavy atom. The van der Waals surface area contributed by atoms with Crippen molar-refractivity contribution in [1.82, 2.24) is 0 Å². The predicted octanol–water partition coefficient (Wildman–Crippen LogP) is 2.90. The molecule has 0 bridgehead atoms. The van der Waals surface area contributed by atoms with Crippen molar-refractivity contribution in [3.8, 4) is 0 Å². The van der Waals surface area contributed by atoms with Crippen molar-refractivity contribution in [2.24, 2.45) is 0 Å². The molecule has 0 amide bonds. The summed E-state index contributed by atoms with van der Waals surface area (Å²) in [6, 6.07) is 0. The van der Waals surface area contributed by atoms with Gasteiger partial charge in [-0.15, -0.1) is 0 Å². The van der Waals surface area contributed by atoms with E-state index in [9.17, 15) is 20.1 Å². The minimum atomic E-state index is -0.805. The van der Waals surface area contributed by atoms with Gasteiger partial charge in [0, 0.05) is 12.8 Å². The normalized spacial score (nSPS) is 25.5. The molecule has 4 N–H and O–H groups in total. The molecule has 0 saturated carbocycles. The maximum absolute atomic E-state index is 10.4. The number of aliphatic hydroxyl groups excluding tert-OH is 3. The van der Waals surface area contributed by atoms with Gasteiger partial charge in [-0.3, -0.25) is 4.79 Å². The molecule has 0 aromatic rings. The van der Waals surface area contributed by atoms with Crippen molar-refractivity contribution in [1.29, 1.82) is 0 Å². The zero-order chi connectivity index (χ0) is 20.8. The van der Waals surface area contributed by atoms with Crippen LogP contribution in [0.5, 0.6) is 0 Å². The van der Waals surface area contributed by atoms with Gasteiger partial charge >= 0.3 is 5.97 Å². The number of ether oxygens (including phenoxy) is 1. The molecule has 6 nitrogen and oxygen atoms in total. The van der Waals surface area contributed by atoms with E-state index >= 15 is 0 Å². The highest BCUT2D eigenvalue weighted by Crippen LogP contribution is 2.25. The van der Waals surface area contributed by atoms with Crippen molar-refractivity contribution in [3.63, 3.8) is 0 Å². The number of carboxylic acid groups (broad SMARTS) is 1. The maximum Gasteiger partial charge on any atom is 0.303 e. The van der Waals surface area contributed by atoms with Crippen LogP contribution < -0.4 is 0 Å². The molecule has 6 heteroatoms. The Bertz CT molecular complexity index is 551. The minimum Gasteiger partial charge on any atom is -0.481 e. The van der Waals surface area contributed by atoms with Gasteiger partial charge in [-0.1, -0.05) is 55.5 Å². The van der Waals surface area contributed by atoms with Crippen molar-refractivity contribution in [2.45, 2.75) is 82.4 Å². The molecule has 1 rings (SSSR count). The second-order valence-electron chi connectivity index (χ2n) is 6.92. The lowest BCUT2D eigenvalue weighted by molar-refractivity contribution is -0.136. The third-order valence-electron chi connectivity index (χ3n) is 4.42. The summed E-state index contributed by atoms with van der Waals surface area (Å²) < 4.78 is 5.71. The van der Waals surface area contributed by atoms with Gasteiger partial charge in [0.05, 0.1) is 24.4 Å². The first-order valence-electron chi connectivity index (χ1n) is 9.98. The van der Waals surface area contributed by atoms with E-state index in [0.717, 1.165) is 6.42 Å². The lowest BCUT2D eigenvalue weighted by atomic mass is 10.0. The quantitative estimate of drug-likeness (QED) is 0.358. The molecule has 158 valence electrons. The number of rotatable bonds is 13. The second kappa shape index (κ2) is 14.3. The van der Waals surface area contributed by atoms with Gasteiger partial charge in [-0.05, 0) is 32.1 Å². The zero-order valence-corrected chi connectivity index (χ0v) is 16.6. The van der Waals surface area contributed by atoms with E-state index in [2.05, 4.69) is 0 Å². The molecule has 1 fully saturated rings. The fourth-order valence-corrected chi connectivity index (χ4v) is 2.84. The van der Waals surface area contributed by atoms with E-state index in [1.54, 1.807) is 12.2 Å². The molecule has 0 unspecified atom stereocenters. The van der Waals surface area contributed by atoms with Crippen LogP contribution >= 0.6 is 0 Å². The predicted molar refractivity (Wildman–Crippen MR) is 109 cm³/mol. The first kappa shape index (κ1) is 24.3. The van der Waals surface area contributed by atoms with Gasteiger partial charge < -0.3 is 25.2 Å². The van der Waals surface area contributed by atoms with E-state index < -0.39 is 36.5 Å². The highest BCUT2D eigenvalue weighted by atomic mass is 16.5. The van der Waals surface area contributed by atoms with Crippen LogP contribution in [0.15, 0.2) is 48.6 Å². The first-order chi connectivity index (χ1) is 13.4. The largest absolute Gasteiger partial charge is 0.481 e. The monoisotopic (exact) mass is 394 g/mol. The Labute approximate surface area is 167 Å². The molecule has 0 spiro atoms. The Balaban J connectivity index is 2.29. The molecule has 1 heterocycles. The molecular weight excluding hydrogens is 360 g/mol. The van der Waals surface area contributed by atoms with Crippen molar-refractivity contribution >= 4 is 5.97 Å².